The fourth-order valence-electron chi connectivity index (χ4n) is 2.07. The minimum absolute atomic E-state index is 0.281. The van der Waals surface area contributed by atoms with Crippen LogP contribution in [0.15, 0.2) is 36.4 Å². The highest BCUT2D eigenvalue weighted by atomic mass is 16.5. The van der Waals surface area contributed by atoms with Crippen LogP contribution >= 0.6 is 0 Å². The quantitative estimate of drug-likeness (QED) is 0.764. The minimum atomic E-state index is 0.281. The van der Waals surface area contributed by atoms with Crippen LogP contribution in [0.5, 0.6) is 5.88 Å². The molecule has 3 rings (SSSR count). The average molecular weight is 265 g/mol. The Hall–Kier alpha value is -3.07. The lowest BCUT2D eigenvalue weighted by Gasteiger charge is -2.07. The van der Waals surface area contributed by atoms with E-state index < -0.39 is 0 Å². The zero-order valence-electron chi connectivity index (χ0n) is 10.7. The van der Waals surface area contributed by atoms with Gasteiger partial charge in [-0.25, -0.2) is 4.98 Å². The molecule has 0 aliphatic heterocycles. The fraction of sp³-hybridized carbons (Fsp3) is 0.0714. The summed E-state index contributed by atoms with van der Waals surface area (Å²) in [5, 5.41) is 9.21. The number of benzene rings is 1. The van der Waals surface area contributed by atoms with Crippen LogP contribution < -0.4 is 10.5 Å². The van der Waals surface area contributed by atoms with Crippen LogP contribution in [-0.4, -0.2) is 21.6 Å². The van der Waals surface area contributed by atoms with Gasteiger partial charge in [-0.15, -0.1) is 0 Å². The first-order chi connectivity index (χ1) is 9.74. The van der Waals surface area contributed by atoms with E-state index in [1.165, 1.54) is 0 Å². The molecule has 20 heavy (non-hydrogen) atoms. The highest BCUT2D eigenvalue weighted by Gasteiger charge is 2.14. The Bertz CT molecular complexity index is 831. The fourth-order valence-corrected chi connectivity index (χ4v) is 2.07. The Balaban J connectivity index is 2.35. The Labute approximate surface area is 115 Å². The van der Waals surface area contributed by atoms with Crippen LogP contribution in [0.25, 0.3) is 16.9 Å². The molecule has 2 aromatic heterocycles. The highest BCUT2D eigenvalue weighted by Crippen LogP contribution is 2.25. The number of nitrogens with zero attached hydrogens (tertiary/aromatic N) is 4. The largest absolute Gasteiger partial charge is 0.481 e. The molecule has 0 radical (unpaired) electrons. The molecule has 2 N–H and O–H groups in total. The standard InChI is InChI=1S/C14H11N5O/c1-20-12-7-6-10-13(18-12)19(14(16)17-10)11-5-3-2-4-9(11)8-15/h2-7H,1H3,(H2,16,17). The molecule has 6 heteroatoms. The van der Waals surface area contributed by atoms with Crippen LogP contribution in [0, 0.1) is 11.3 Å². The molecule has 6 nitrogen and oxygen atoms in total. The molecule has 3 aromatic rings. The molecular formula is C14H11N5O. The number of aromatic nitrogens is 3. The molecule has 0 spiro atoms. The van der Waals surface area contributed by atoms with Crippen molar-refractivity contribution in [3.63, 3.8) is 0 Å². The zero-order valence-corrected chi connectivity index (χ0v) is 10.7. The van der Waals surface area contributed by atoms with Gasteiger partial charge in [0, 0.05) is 6.07 Å². The SMILES string of the molecule is COc1ccc2nc(N)n(-c3ccccc3C#N)c2n1. The first-order valence-electron chi connectivity index (χ1n) is 5.93. The number of imidazole rings is 1. The van der Waals surface area contributed by atoms with Crippen LogP contribution in [0.3, 0.4) is 0 Å². The maximum absolute atomic E-state index is 9.21. The Morgan fingerprint density at radius 1 is 1.20 bits per heavy atom. The van der Waals surface area contributed by atoms with E-state index in [0.717, 1.165) is 0 Å². The summed E-state index contributed by atoms with van der Waals surface area (Å²) in [6.07, 6.45) is 0. The number of hydrogen-bond donors (Lipinski definition) is 1. The summed E-state index contributed by atoms with van der Waals surface area (Å²) in [6.45, 7) is 0. The van der Waals surface area contributed by atoms with Crippen molar-refractivity contribution < 1.29 is 4.74 Å². The summed E-state index contributed by atoms with van der Waals surface area (Å²) >= 11 is 0. The molecule has 0 aliphatic rings. The smallest absolute Gasteiger partial charge is 0.215 e. The lowest BCUT2D eigenvalue weighted by Crippen LogP contribution is -2.03. The van der Waals surface area contributed by atoms with Gasteiger partial charge in [-0.1, -0.05) is 12.1 Å². The molecule has 0 aliphatic carbocycles. The van der Waals surface area contributed by atoms with Crippen molar-refractivity contribution in [3.8, 4) is 17.6 Å². The lowest BCUT2D eigenvalue weighted by molar-refractivity contribution is 0.399. The van der Waals surface area contributed by atoms with Gasteiger partial charge in [0.25, 0.3) is 0 Å². The first-order valence-corrected chi connectivity index (χ1v) is 5.93. The second kappa shape index (κ2) is 4.55. The van der Waals surface area contributed by atoms with Gasteiger partial charge in [0.2, 0.25) is 11.8 Å². The maximum atomic E-state index is 9.21. The van der Waals surface area contributed by atoms with E-state index in [1.807, 2.05) is 6.07 Å². The van der Waals surface area contributed by atoms with Gasteiger partial charge >= 0.3 is 0 Å². The van der Waals surface area contributed by atoms with Gasteiger partial charge in [0.05, 0.1) is 18.4 Å². The maximum Gasteiger partial charge on any atom is 0.215 e. The van der Waals surface area contributed by atoms with Crippen LogP contribution in [0.2, 0.25) is 0 Å². The van der Waals surface area contributed by atoms with Crippen molar-refractivity contribution >= 4 is 17.1 Å². The average Bonchev–Trinajstić information content (AvgIpc) is 2.81. The summed E-state index contributed by atoms with van der Waals surface area (Å²) in [4.78, 5) is 8.61. The van der Waals surface area contributed by atoms with E-state index in [-0.39, 0.29) is 5.95 Å². The van der Waals surface area contributed by atoms with Gasteiger partial charge < -0.3 is 10.5 Å². The van der Waals surface area contributed by atoms with Crippen LogP contribution in [0.4, 0.5) is 5.95 Å². The number of rotatable bonds is 2. The molecule has 2 heterocycles. The van der Waals surface area contributed by atoms with Gasteiger partial charge in [0.15, 0.2) is 5.65 Å². The second-order valence-electron chi connectivity index (χ2n) is 4.13. The Morgan fingerprint density at radius 2 is 2.00 bits per heavy atom. The number of nitrogen functional groups attached to an aromatic ring is 1. The summed E-state index contributed by atoms with van der Waals surface area (Å²) < 4.78 is 6.77. The summed E-state index contributed by atoms with van der Waals surface area (Å²) in [7, 11) is 1.54. The van der Waals surface area contributed by atoms with Crippen molar-refractivity contribution in [1.82, 2.24) is 14.5 Å². The first kappa shape index (κ1) is 12.0. The third kappa shape index (κ3) is 1.73. The predicted octanol–water partition coefficient (Wildman–Crippen LogP) is 1.88. The van der Waals surface area contributed by atoms with Crippen LogP contribution in [0.1, 0.15) is 5.56 Å². The van der Waals surface area contributed by atoms with E-state index in [2.05, 4.69) is 16.0 Å². The topological polar surface area (TPSA) is 89.8 Å². The van der Waals surface area contributed by atoms with Crippen molar-refractivity contribution in [2.45, 2.75) is 0 Å². The van der Waals surface area contributed by atoms with E-state index in [4.69, 9.17) is 10.5 Å². The van der Waals surface area contributed by atoms with Crippen molar-refractivity contribution in [2.24, 2.45) is 0 Å². The summed E-state index contributed by atoms with van der Waals surface area (Å²) in [5.41, 5.74) is 8.32. The number of pyridine rings is 1. The molecule has 98 valence electrons. The molecular weight excluding hydrogens is 254 g/mol. The van der Waals surface area contributed by atoms with E-state index in [9.17, 15) is 5.26 Å². The normalized spacial score (nSPS) is 10.4. The number of para-hydroxylation sites is 1. The van der Waals surface area contributed by atoms with Gasteiger partial charge in [0.1, 0.15) is 11.6 Å². The molecule has 0 amide bonds. The lowest BCUT2D eigenvalue weighted by atomic mass is 10.2. The summed E-state index contributed by atoms with van der Waals surface area (Å²) in [5.74, 6) is 0.747. The Kier molecular flexibility index (Phi) is 2.73. The monoisotopic (exact) mass is 265 g/mol. The van der Waals surface area contributed by atoms with Crippen molar-refractivity contribution in [3.05, 3.63) is 42.0 Å². The molecule has 0 atom stereocenters. The minimum Gasteiger partial charge on any atom is -0.481 e. The molecule has 0 saturated carbocycles. The predicted molar refractivity (Wildman–Crippen MR) is 74.5 cm³/mol. The summed E-state index contributed by atoms with van der Waals surface area (Å²) in [6, 6.07) is 12.8. The molecule has 1 aromatic carbocycles. The van der Waals surface area contributed by atoms with Crippen molar-refractivity contribution in [1.29, 1.82) is 5.26 Å². The molecule has 0 fully saturated rings. The second-order valence-corrected chi connectivity index (χ2v) is 4.13. The number of methoxy groups -OCH3 is 1. The van der Waals surface area contributed by atoms with Gasteiger partial charge in [-0.3, -0.25) is 4.57 Å². The number of nitriles is 1. The van der Waals surface area contributed by atoms with E-state index in [0.29, 0.717) is 28.3 Å². The number of anilines is 1. The van der Waals surface area contributed by atoms with Crippen molar-refractivity contribution in [2.75, 3.05) is 12.8 Å². The Morgan fingerprint density at radius 3 is 2.75 bits per heavy atom. The number of ether oxygens (including phenoxy) is 1. The zero-order chi connectivity index (χ0) is 14.1. The molecule has 0 unspecified atom stereocenters. The van der Waals surface area contributed by atoms with Gasteiger partial charge in [-0.2, -0.15) is 10.2 Å². The molecule has 0 saturated heterocycles. The number of fused-ring (bicyclic) bond motifs is 1. The highest BCUT2D eigenvalue weighted by molar-refractivity contribution is 5.78. The third-order valence-corrected chi connectivity index (χ3v) is 2.98. The van der Waals surface area contributed by atoms with Gasteiger partial charge in [-0.05, 0) is 18.2 Å². The van der Waals surface area contributed by atoms with E-state index >= 15 is 0 Å². The third-order valence-electron chi connectivity index (χ3n) is 2.98. The number of nitrogens with two attached hydrogens (primary N) is 1. The molecule has 0 bridgehead atoms. The van der Waals surface area contributed by atoms with E-state index in [1.54, 1.807) is 42.0 Å². The number of hydrogen-bond acceptors (Lipinski definition) is 5. The van der Waals surface area contributed by atoms with Crippen LogP contribution in [-0.2, 0) is 0 Å².